The van der Waals surface area contributed by atoms with Gasteiger partial charge < -0.3 is 10.1 Å². The molecule has 1 heterocycles. The monoisotopic (exact) mass is 366 g/mol. The van der Waals surface area contributed by atoms with Gasteiger partial charge in [-0.05, 0) is 39.0 Å². The second-order valence-corrected chi connectivity index (χ2v) is 7.23. The number of nitrogens with one attached hydrogen (secondary N) is 3. The molecule has 0 aliphatic heterocycles. The molecule has 0 aliphatic rings. The number of amides is 2. The van der Waals surface area contributed by atoms with Gasteiger partial charge in [0.1, 0.15) is 11.4 Å². The highest BCUT2D eigenvalue weighted by Gasteiger charge is 2.16. The van der Waals surface area contributed by atoms with Crippen molar-refractivity contribution in [1.82, 2.24) is 10.4 Å². The van der Waals surface area contributed by atoms with Crippen molar-refractivity contribution >= 4 is 34.2 Å². The topological polar surface area (TPSA) is 92.3 Å². The fourth-order valence-corrected chi connectivity index (χ4v) is 2.55. The van der Waals surface area contributed by atoms with Gasteiger partial charge in [0, 0.05) is 16.8 Å². The van der Waals surface area contributed by atoms with Crippen LogP contribution in [0.4, 0.5) is 20.0 Å². The average molecular weight is 366 g/mol. The molecular formula is C16H19FN4O3S. The summed E-state index contributed by atoms with van der Waals surface area (Å²) in [5, 5.41) is 3.02. The third-order valence-electron chi connectivity index (χ3n) is 2.67. The lowest BCUT2D eigenvalue weighted by Gasteiger charge is -2.19. The Morgan fingerprint density at radius 3 is 2.76 bits per heavy atom. The summed E-state index contributed by atoms with van der Waals surface area (Å²) in [4.78, 5) is 28.2. The summed E-state index contributed by atoms with van der Waals surface area (Å²) in [6, 6.07) is 5.66. The van der Waals surface area contributed by atoms with Crippen LogP contribution in [0.15, 0.2) is 30.5 Å². The second-order valence-electron chi connectivity index (χ2n) is 6.12. The summed E-state index contributed by atoms with van der Waals surface area (Å²) in [6.07, 6.45) is 0.977. The zero-order chi connectivity index (χ0) is 18.4. The molecular weight excluding hydrogens is 347 g/mol. The van der Waals surface area contributed by atoms with E-state index in [1.807, 2.05) is 0 Å². The van der Waals surface area contributed by atoms with Crippen molar-refractivity contribution in [3.63, 3.8) is 0 Å². The molecule has 0 radical (unpaired) electrons. The first kappa shape index (κ1) is 18.7. The maximum atomic E-state index is 13.1. The van der Waals surface area contributed by atoms with E-state index in [-0.39, 0.29) is 12.3 Å². The van der Waals surface area contributed by atoms with Crippen LogP contribution >= 0.6 is 11.3 Å². The number of halogens is 1. The van der Waals surface area contributed by atoms with Crippen LogP contribution in [0.2, 0.25) is 0 Å². The smallest absolute Gasteiger partial charge is 0.426 e. The molecule has 7 nitrogen and oxygen atoms in total. The highest BCUT2D eigenvalue weighted by molar-refractivity contribution is 7.15. The number of hydrogen-bond acceptors (Lipinski definition) is 6. The number of anilines is 2. The van der Waals surface area contributed by atoms with Gasteiger partial charge in [-0.3, -0.25) is 10.2 Å². The molecule has 9 heteroatoms. The van der Waals surface area contributed by atoms with Gasteiger partial charge in [0.05, 0.1) is 6.42 Å². The Morgan fingerprint density at radius 1 is 1.32 bits per heavy atom. The van der Waals surface area contributed by atoms with E-state index < -0.39 is 17.5 Å². The number of nitrogens with zero attached hydrogens (tertiary/aromatic N) is 1. The van der Waals surface area contributed by atoms with E-state index in [9.17, 15) is 14.0 Å². The number of hydrazine groups is 1. The predicted molar refractivity (Wildman–Crippen MR) is 93.8 cm³/mol. The number of carbonyl (C=O) groups excluding carboxylic acids is 2. The maximum Gasteiger partial charge on any atom is 0.426 e. The fourth-order valence-electron chi connectivity index (χ4n) is 1.78. The van der Waals surface area contributed by atoms with Crippen molar-refractivity contribution in [3.05, 3.63) is 41.2 Å². The molecule has 0 spiro atoms. The molecule has 0 bridgehead atoms. The van der Waals surface area contributed by atoms with Crippen LogP contribution in [-0.4, -0.2) is 22.6 Å². The molecule has 3 N–H and O–H groups in total. The Balaban J connectivity index is 1.82. The number of ether oxygens (including phenoxy) is 1. The first-order valence-corrected chi connectivity index (χ1v) is 8.28. The summed E-state index contributed by atoms with van der Waals surface area (Å²) < 4.78 is 18.2. The molecule has 0 unspecified atom stereocenters. The molecule has 2 amide bonds. The number of carbonyl (C=O) groups is 2. The lowest BCUT2D eigenvalue weighted by Crippen LogP contribution is -2.35. The third kappa shape index (κ3) is 6.76. The van der Waals surface area contributed by atoms with Crippen LogP contribution < -0.4 is 16.2 Å². The highest BCUT2D eigenvalue weighted by atomic mass is 32.1. The fraction of sp³-hybridized carbons (Fsp3) is 0.312. The Hall–Kier alpha value is -2.68. The van der Waals surface area contributed by atoms with Gasteiger partial charge in [0.2, 0.25) is 11.0 Å². The Kier molecular flexibility index (Phi) is 5.92. The number of rotatable bonds is 5. The van der Waals surface area contributed by atoms with Crippen LogP contribution in [0, 0.1) is 5.82 Å². The van der Waals surface area contributed by atoms with Crippen LogP contribution in [0.25, 0.3) is 0 Å². The summed E-state index contributed by atoms with van der Waals surface area (Å²) in [6.45, 7) is 5.27. The molecule has 2 aromatic rings. The first-order chi connectivity index (χ1) is 11.7. The average Bonchev–Trinajstić information content (AvgIpc) is 2.90. The normalized spacial score (nSPS) is 10.9. The van der Waals surface area contributed by atoms with Gasteiger partial charge in [0.15, 0.2) is 0 Å². The standard InChI is InChI=1S/C16H19FN4O3S/c1-16(2,3)24-15(23)21-20-14-18-9-12(25-14)8-13(22)19-11-6-4-5-10(17)7-11/h4-7,9H,8H2,1-3H3,(H,18,20)(H,19,22)(H,21,23). The van der Waals surface area contributed by atoms with Gasteiger partial charge in [-0.25, -0.2) is 19.6 Å². The molecule has 134 valence electrons. The van der Waals surface area contributed by atoms with E-state index in [0.717, 1.165) is 0 Å². The molecule has 1 aromatic carbocycles. The zero-order valence-electron chi connectivity index (χ0n) is 14.1. The molecule has 0 fully saturated rings. The number of benzene rings is 1. The number of thiazole rings is 1. The molecule has 0 saturated carbocycles. The number of hydrogen-bond donors (Lipinski definition) is 3. The minimum atomic E-state index is -0.631. The van der Waals surface area contributed by atoms with Crippen molar-refractivity contribution < 1.29 is 18.7 Å². The van der Waals surface area contributed by atoms with Gasteiger partial charge >= 0.3 is 6.09 Å². The largest absolute Gasteiger partial charge is 0.443 e. The number of aromatic nitrogens is 1. The van der Waals surface area contributed by atoms with Gasteiger partial charge in [-0.2, -0.15) is 0 Å². The van der Waals surface area contributed by atoms with Crippen molar-refractivity contribution in [2.24, 2.45) is 0 Å². The Bertz CT molecular complexity index is 758. The van der Waals surface area contributed by atoms with Crippen LogP contribution in [0.1, 0.15) is 25.6 Å². The van der Waals surface area contributed by atoms with E-state index in [1.54, 1.807) is 26.8 Å². The summed E-state index contributed by atoms with van der Waals surface area (Å²) in [5.74, 6) is -0.712. The van der Waals surface area contributed by atoms with Gasteiger partial charge in [-0.15, -0.1) is 0 Å². The van der Waals surface area contributed by atoms with E-state index in [1.165, 1.54) is 35.7 Å². The van der Waals surface area contributed by atoms with E-state index in [4.69, 9.17) is 4.74 Å². The molecule has 0 aliphatic carbocycles. The minimum Gasteiger partial charge on any atom is -0.443 e. The summed E-state index contributed by atoms with van der Waals surface area (Å²) >= 11 is 1.21. The summed E-state index contributed by atoms with van der Waals surface area (Å²) in [5.41, 5.74) is 4.77. The SMILES string of the molecule is CC(C)(C)OC(=O)NNc1ncc(CC(=O)Nc2cccc(F)c2)s1. The van der Waals surface area contributed by atoms with Gasteiger partial charge in [-0.1, -0.05) is 17.4 Å². The Morgan fingerprint density at radius 2 is 2.08 bits per heavy atom. The predicted octanol–water partition coefficient (Wildman–Crippen LogP) is 3.32. The van der Waals surface area contributed by atoms with Crippen molar-refractivity contribution in [1.29, 1.82) is 0 Å². The van der Waals surface area contributed by atoms with E-state index in [0.29, 0.717) is 15.7 Å². The van der Waals surface area contributed by atoms with Crippen molar-refractivity contribution in [2.75, 3.05) is 10.7 Å². The zero-order valence-corrected chi connectivity index (χ0v) is 14.9. The lowest BCUT2D eigenvalue weighted by atomic mass is 10.2. The van der Waals surface area contributed by atoms with Crippen molar-refractivity contribution in [2.45, 2.75) is 32.8 Å². The second kappa shape index (κ2) is 7.93. The maximum absolute atomic E-state index is 13.1. The summed E-state index contributed by atoms with van der Waals surface area (Å²) in [7, 11) is 0. The molecule has 1 aromatic heterocycles. The van der Waals surface area contributed by atoms with Crippen LogP contribution in [0.3, 0.4) is 0 Å². The minimum absolute atomic E-state index is 0.0856. The molecule has 0 atom stereocenters. The lowest BCUT2D eigenvalue weighted by molar-refractivity contribution is -0.115. The highest BCUT2D eigenvalue weighted by Crippen LogP contribution is 2.19. The molecule has 0 saturated heterocycles. The Labute approximate surface area is 148 Å². The van der Waals surface area contributed by atoms with Crippen LogP contribution in [0.5, 0.6) is 0 Å². The van der Waals surface area contributed by atoms with E-state index >= 15 is 0 Å². The molecule has 25 heavy (non-hydrogen) atoms. The van der Waals surface area contributed by atoms with Crippen LogP contribution in [-0.2, 0) is 16.0 Å². The van der Waals surface area contributed by atoms with Gasteiger partial charge in [0.25, 0.3) is 0 Å². The first-order valence-electron chi connectivity index (χ1n) is 7.46. The van der Waals surface area contributed by atoms with E-state index in [2.05, 4.69) is 21.2 Å². The third-order valence-corrected chi connectivity index (χ3v) is 3.58. The molecule has 2 rings (SSSR count). The van der Waals surface area contributed by atoms with Crippen molar-refractivity contribution in [3.8, 4) is 0 Å². The quantitative estimate of drug-likeness (QED) is 0.706.